The maximum absolute atomic E-state index is 10.9. The quantitative estimate of drug-likeness (QED) is 0.313. The van der Waals surface area contributed by atoms with Gasteiger partial charge >= 0.3 is 0 Å². The Morgan fingerprint density at radius 2 is 1.76 bits per heavy atom. The maximum Gasteiger partial charge on any atom is 0.187 e. The van der Waals surface area contributed by atoms with E-state index >= 15 is 0 Å². The Hall–Kier alpha value is -0.620. The molecule has 1 spiro atoms. The number of rotatable bonds is 3. The van der Waals surface area contributed by atoms with Crippen molar-refractivity contribution in [2.45, 2.75) is 134 Å². The van der Waals surface area contributed by atoms with Gasteiger partial charge in [-0.25, -0.2) is 0 Å². The van der Waals surface area contributed by atoms with Gasteiger partial charge in [0.2, 0.25) is 0 Å². The van der Waals surface area contributed by atoms with E-state index in [1.807, 2.05) is 0 Å². The van der Waals surface area contributed by atoms with Gasteiger partial charge in [0.1, 0.15) is 24.4 Å². The zero-order valence-electron chi connectivity index (χ0n) is 25.6. The van der Waals surface area contributed by atoms with Crippen LogP contribution in [0, 0.1) is 46.3 Å². The highest BCUT2D eigenvalue weighted by atomic mass is 16.7. The van der Waals surface area contributed by atoms with E-state index in [1.165, 1.54) is 5.57 Å². The van der Waals surface area contributed by atoms with Gasteiger partial charge < -0.3 is 44.5 Å². The second-order valence-electron chi connectivity index (χ2n) is 15.6. The van der Waals surface area contributed by atoms with Gasteiger partial charge in [0.25, 0.3) is 0 Å². The lowest BCUT2D eigenvalue weighted by molar-refractivity contribution is -0.324. The predicted octanol–water partition coefficient (Wildman–Crippen LogP) is 2.51. The molecule has 42 heavy (non-hydrogen) atoms. The number of fused-ring (bicyclic) bond motifs is 7. The highest BCUT2D eigenvalue weighted by Gasteiger charge is 2.69. The van der Waals surface area contributed by atoms with Gasteiger partial charge in [0.05, 0.1) is 31.5 Å². The van der Waals surface area contributed by atoms with Gasteiger partial charge in [-0.15, -0.1) is 0 Å². The molecule has 7 aliphatic rings. The van der Waals surface area contributed by atoms with Crippen LogP contribution >= 0.6 is 0 Å². The number of aliphatic hydroxyl groups is 5. The topological polar surface area (TPSA) is 138 Å². The first kappa shape index (κ1) is 30.1. The van der Waals surface area contributed by atoms with Gasteiger partial charge in [0.15, 0.2) is 12.1 Å². The predicted molar refractivity (Wildman–Crippen MR) is 152 cm³/mol. The van der Waals surface area contributed by atoms with Gasteiger partial charge in [0, 0.05) is 24.2 Å². The minimum Gasteiger partial charge on any atom is -0.394 e. The molecule has 9 nitrogen and oxygen atoms in total. The highest BCUT2D eigenvalue weighted by Crippen LogP contribution is 2.71. The van der Waals surface area contributed by atoms with Crippen LogP contribution in [0.3, 0.4) is 0 Å². The molecule has 0 amide bonds. The zero-order chi connectivity index (χ0) is 29.8. The number of aliphatic hydroxyl groups excluding tert-OH is 5. The molecule has 9 heteroatoms. The lowest BCUT2D eigenvalue weighted by atomic mass is 9.46. The standard InChI is InChI=1S/C33H52O9/c1-16-7-10-33(39-15-16)17(2)26-23(42-33)13-22-20-6-5-18-11-19(35)12-25(32(18,4)21(20)8-9-31(22,26)3)41-30-29(38)28(37)27(36)24(14-34)40-30/h5,16-17,19-30,34-38H,6-15H2,1-4H3/t16-,17+,19-,20-,21+,22+,23+,24-,25-,26-,27+,28+,29-,30+,31+,32+,33-/m1/s1. The summed E-state index contributed by atoms with van der Waals surface area (Å²) in [7, 11) is 0. The van der Waals surface area contributed by atoms with Crippen molar-refractivity contribution < 1.29 is 44.5 Å². The van der Waals surface area contributed by atoms with Crippen molar-refractivity contribution >= 4 is 0 Å². The van der Waals surface area contributed by atoms with Crippen molar-refractivity contribution in [1.82, 2.24) is 0 Å². The Bertz CT molecular complexity index is 1060. The molecular weight excluding hydrogens is 540 g/mol. The normalized spacial score (nSPS) is 59.0. The van der Waals surface area contributed by atoms with Crippen LogP contribution in [-0.2, 0) is 18.9 Å². The largest absolute Gasteiger partial charge is 0.394 e. The summed E-state index contributed by atoms with van der Waals surface area (Å²) in [5.41, 5.74) is 1.02. The Morgan fingerprint density at radius 3 is 2.48 bits per heavy atom. The zero-order valence-corrected chi connectivity index (χ0v) is 25.6. The first-order valence-electron chi connectivity index (χ1n) is 16.6. The number of ether oxygens (including phenoxy) is 4. The minimum absolute atomic E-state index is 0.171. The van der Waals surface area contributed by atoms with Crippen molar-refractivity contribution in [3.63, 3.8) is 0 Å². The van der Waals surface area contributed by atoms with Crippen LogP contribution in [0.15, 0.2) is 11.6 Å². The number of hydrogen-bond acceptors (Lipinski definition) is 9. The molecule has 3 saturated carbocycles. The van der Waals surface area contributed by atoms with Crippen molar-refractivity contribution in [3.8, 4) is 0 Å². The molecule has 3 saturated heterocycles. The highest BCUT2D eigenvalue weighted by molar-refractivity contribution is 5.28. The van der Waals surface area contributed by atoms with Crippen LogP contribution in [0.25, 0.3) is 0 Å². The molecule has 3 aliphatic heterocycles. The van der Waals surface area contributed by atoms with E-state index in [4.69, 9.17) is 18.9 Å². The van der Waals surface area contributed by atoms with Gasteiger partial charge in [-0.2, -0.15) is 0 Å². The summed E-state index contributed by atoms with van der Waals surface area (Å²) < 4.78 is 25.7. The summed E-state index contributed by atoms with van der Waals surface area (Å²) >= 11 is 0. The maximum atomic E-state index is 10.9. The molecule has 4 aliphatic carbocycles. The van der Waals surface area contributed by atoms with Crippen molar-refractivity contribution in [2.24, 2.45) is 46.3 Å². The second kappa shape index (κ2) is 10.5. The molecule has 0 aromatic heterocycles. The fourth-order valence-electron chi connectivity index (χ4n) is 11.2. The smallest absolute Gasteiger partial charge is 0.187 e. The molecule has 17 atom stereocenters. The summed E-state index contributed by atoms with van der Waals surface area (Å²) in [6, 6.07) is 0. The average Bonchev–Trinajstić information content (AvgIpc) is 3.41. The summed E-state index contributed by atoms with van der Waals surface area (Å²) in [5, 5.41) is 52.1. The SMILES string of the molecule is C[C@@H]1CC[C@@]2(OC1)O[C@H]1C[C@H]3[C@@H]4CC=C5C[C@@H](O)C[C@@H](O[C@@H]6O[C@H](CO)[C@H](O)[C@H](O)[C@H]6O)[C@]5(C)[C@H]4CC[C@]3(C)[C@@H]1[C@@H]2C. The minimum atomic E-state index is -1.49. The van der Waals surface area contributed by atoms with Gasteiger partial charge in [-0.05, 0) is 73.5 Å². The van der Waals surface area contributed by atoms with Crippen molar-refractivity contribution in [1.29, 1.82) is 0 Å². The summed E-state index contributed by atoms with van der Waals surface area (Å²) in [4.78, 5) is 0. The van der Waals surface area contributed by atoms with E-state index in [2.05, 4.69) is 33.8 Å². The molecule has 3 heterocycles. The van der Waals surface area contributed by atoms with E-state index in [-0.39, 0.29) is 16.9 Å². The second-order valence-corrected chi connectivity index (χ2v) is 15.6. The molecule has 0 radical (unpaired) electrons. The van der Waals surface area contributed by atoms with E-state index < -0.39 is 55.3 Å². The van der Waals surface area contributed by atoms with Crippen molar-refractivity contribution in [2.75, 3.05) is 13.2 Å². The third-order valence-corrected chi connectivity index (χ3v) is 13.6. The molecule has 0 unspecified atom stereocenters. The molecular formula is C33H52O9. The molecule has 7 rings (SSSR count). The molecule has 0 aromatic rings. The average molecular weight is 593 g/mol. The first-order valence-corrected chi connectivity index (χ1v) is 16.6. The van der Waals surface area contributed by atoms with Crippen LogP contribution < -0.4 is 0 Å². The Balaban J connectivity index is 1.15. The Labute approximate surface area is 249 Å². The van der Waals surface area contributed by atoms with Crippen molar-refractivity contribution in [3.05, 3.63) is 11.6 Å². The monoisotopic (exact) mass is 592 g/mol. The van der Waals surface area contributed by atoms with Gasteiger partial charge in [-0.1, -0.05) is 39.3 Å². The molecule has 0 aromatic carbocycles. The first-order chi connectivity index (χ1) is 19.9. The molecule has 0 bridgehead atoms. The summed E-state index contributed by atoms with van der Waals surface area (Å²) in [5.74, 6) is 2.31. The van der Waals surface area contributed by atoms with Crippen LogP contribution in [0.2, 0.25) is 0 Å². The lowest BCUT2D eigenvalue weighted by Gasteiger charge is -2.60. The van der Waals surface area contributed by atoms with Crippen LogP contribution in [-0.4, -0.2) is 93.6 Å². The summed E-state index contributed by atoms with van der Waals surface area (Å²) in [6.07, 6.45) is 2.28. The Morgan fingerprint density at radius 1 is 0.976 bits per heavy atom. The van der Waals surface area contributed by atoms with E-state index in [0.29, 0.717) is 48.3 Å². The number of hydrogen-bond donors (Lipinski definition) is 5. The fourth-order valence-corrected chi connectivity index (χ4v) is 11.2. The lowest BCUT2D eigenvalue weighted by Crippen LogP contribution is -2.62. The Kier molecular flexibility index (Phi) is 7.48. The van der Waals surface area contributed by atoms with Crippen LogP contribution in [0.1, 0.15) is 79.1 Å². The van der Waals surface area contributed by atoms with E-state index in [1.54, 1.807) is 0 Å². The third-order valence-electron chi connectivity index (χ3n) is 13.6. The summed E-state index contributed by atoms with van der Waals surface area (Å²) in [6.45, 7) is 9.68. The molecule has 238 valence electrons. The van der Waals surface area contributed by atoms with E-state index in [9.17, 15) is 25.5 Å². The number of allylic oxidation sites excluding steroid dienone is 1. The van der Waals surface area contributed by atoms with E-state index in [0.717, 1.165) is 45.1 Å². The molecule has 6 fully saturated rings. The molecule has 5 N–H and O–H groups in total. The fraction of sp³-hybridized carbons (Fsp3) is 0.939. The van der Waals surface area contributed by atoms with Crippen LogP contribution in [0.4, 0.5) is 0 Å². The van der Waals surface area contributed by atoms with Crippen LogP contribution in [0.5, 0.6) is 0 Å². The third kappa shape index (κ3) is 4.21. The van der Waals surface area contributed by atoms with Gasteiger partial charge in [-0.3, -0.25) is 0 Å².